The van der Waals surface area contributed by atoms with Crippen LogP contribution in [0.1, 0.15) is 13.8 Å². The number of amides is 1. The van der Waals surface area contributed by atoms with Crippen molar-refractivity contribution in [3.63, 3.8) is 0 Å². The molecule has 148 valence electrons. The van der Waals surface area contributed by atoms with E-state index in [1.165, 1.54) is 12.4 Å². The van der Waals surface area contributed by atoms with Crippen molar-refractivity contribution in [1.82, 2.24) is 9.97 Å². The number of allylic oxidation sites excluding steroid dienone is 5. The van der Waals surface area contributed by atoms with E-state index < -0.39 is 0 Å². The maximum atomic E-state index is 13.7. The Hall–Kier alpha value is -3.26. The molecule has 8 heteroatoms. The zero-order valence-electron chi connectivity index (χ0n) is 16.0. The standard InChI is InChI=1S/C20H23FN4O3/c1-4-5-16(21)14(2)6-7-22-20-15-10-18(25-13-26)19(28-9-8-27-3)11-17(15)23-12-24-20/h4-7,10-13H,8-9H2,1-3H3,(H,25,26)(H,22,23,24)/b5-4-,7-6+,16-14+. The largest absolute Gasteiger partial charge is 0.489 e. The minimum absolute atomic E-state index is 0.316. The van der Waals surface area contributed by atoms with Gasteiger partial charge in [-0.3, -0.25) is 4.79 Å². The van der Waals surface area contributed by atoms with E-state index in [4.69, 9.17) is 9.47 Å². The van der Waals surface area contributed by atoms with E-state index in [0.717, 1.165) is 0 Å². The first-order chi connectivity index (χ1) is 13.6. The number of benzene rings is 1. The number of fused-ring (bicyclic) bond motifs is 1. The highest BCUT2D eigenvalue weighted by Gasteiger charge is 2.10. The van der Waals surface area contributed by atoms with Crippen molar-refractivity contribution in [2.75, 3.05) is 31.0 Å². The number of hydrogen-bond acceptors (Lipinski definition) is 6. The van der Waals surface area contributed by atoms with Crippen LogP contribution < -0.4 is 15.4 Å². The van der Waals surface area contributed by atoms with Gasteiger partial charge >= 0.3 is 0 Å². The summed E-state index contributed by atoms with van der Waals surface area (Å²) >= 11 is 0. The molecule has 2 rings (SSSR count). The zero-order valence-corrected chi connectivity index (χ0v) is 16.0. The number of ether oxygens (including phenoxy) is 2. The third-order valence-corrected chi connectivity index (χ3v) is 3.74. The molecule has 1 heterocycles. The quantitative estimate of drug-likeness (QED) is 0.365. The molecule has 0 unspecified atom stereocenters. The topological polar surface area (TPSA) is 85.4 Å². The Morgan fingerprint density at radius 2 is 2.04 bits per heavy atom. The first-order valence-electron chi connectivity index (χ1n) is 8.63. The number of hydrogen-bond donors (Lipinski definition) is 2. The van der Waals surface area contributed by atoms with E-state index in [9.17, 15) is 9.18 Å². The first-order valence-corrected chi connectivity index (χ1v) is 8.63. The summed E-state index contributed by atoms with van der Waals surface area (Å²) in [6, 6.07) is 3.43. The van der Waals surface area contributed by atoms with E-state index in [-0.39, 0.29) is 5.83 Å². The van der Waals surface area contributed by atoms with Gasteiger partial charge in [-0.25, -0.2) is 14.4 Å². The molecule has 1 amide bonds. The zero-order chi connectivity index (χ0) is 20.4. The van der Waals surface area contributed by atoms with Gasteiger partial charge in [0.1, 0.15) is 30.3 Å². The van der Waals surface area contributed by atoms with Crippen molar-refractivity contribution >= 4 is 28.8 Å². The Balaban J connectivity index is 2.33. The van der Waals surface area contributed by atoms with Gasteiger partial charge in [-0.2, -0.15) is 0 Å². The van der Waals surface area contributed by atoms with Crippen LogP contribution in [0.15, 0.2) is 54.3 Å². The molecule has 0 aliphatic rings. The molecule has 0 fully saturated rings. The lowest BCUT2D eigenvalue weighted by atomic mass is 10.2. The lowest BCUT2D eigenvalue weighted by molar-refractivity contribution is -0.105. The SMILES string of the molecule is C\C=C/C(F)=C(C)\C=C\Nc1ncnc2cc(OCCOC)c(NC=O)cc12. The van der Waals surface area contributed by atoms with Crippen LogP contribution in [0, 0.1) is 0 Å². The van der Waals surface area contributed by atoms with Crippen LogP contribution in [-0.2, 0) is 9.53 Å². The Morgan fingerprint density at radius 1 is 1.21 bits per heavy atom. The van der Waals surface area contributed by atoms with E-state index in [1.54, 1.807) is 51.4 Å². The predicted octanol–water partition coefficient (Wildman–Crippen LogP) is 3.97. The van der Waals surface area contributed by atoms with Gasteiger partial charge in [-0.1, -0.05) is 6.08 Å². The fraction of sp³-hybridized carbons (Fsp3) is 0.250. The number of halogens is 1. The second kappa shape index (κ2) is 10.8. The summed E-state index contributed by atoms with van der Waals surface area (Å²) < 4.78 is 24.3. The molecule has 0 atom stereocenters. The third-order valence-electron chi connectivity index (χ3n) is 3.74. The van der Waals surface area contributed by atoms with Crippen molar-refractivity contribution in [3.05, 3.63) is 54.3 Å². The van der Waals surface area contributed by atoms with E-state index in [2.05, 4.69) is 20.6 Å². The van der Waals surface area contributed by atoms with Crippen LogP contribution in [-0.4, -0.2) is 36.7 Å². The molecule has 7 nitrogen and oxygen atoms in total. The van der Waals surface area contributed by atoms with Gasteiger partial charge in [-0.05, 0) is 37.6 Å². The summed E-state index contributed by atoms with van der Waals surface area (Å²) in [6.07, 6.45) is 8.20. The van der Waals surface area contributed by atoms with Crippen LogP contribution in [0.4, 0.5) is 15.9 Å². The molecule has 0 spiro atoms. The van der Waals surface area contributed by atoms with Gasteiger partial charge in [0.2, 0.25) is 6.41 Å². The molecule has 1 aromatic heterocycles. The molecule has 28 heavy (non-hydrogen) atoms. The second-order valence-corrected chi connectivity index (χ2v) is 5.70. The molecule has 0 radical (unpaired) electrons. The van der Waals surface area contributed by atoms with Crippen molar-refractivity contribution in [2.45, 2.75) is 13.8 Å². The average molecular weight is 386 g/mol. The summed E-state index contributed by atoms with van der Waals surface area (Å²) in [5.74, 6) is 0.672. The fourth-order valence-corrected chi connectivity index (χ4v) is 2.33. The van der Waals surface area contributed by atoms with Crippen LogP contribution in [0.5, 0.6) is 5.75 Å². The number of rotatable bonds is 10. The number of nitrogens with zero attached hydrogens (tertiary/aromatic N) is 2. The predicted molar refractivity (Wildman–Crippen MR) is 108 cm³/mol. The average Bonchev–Trinajstić information content (AvgIpc) is 2.69. The lowest BCUT2D eigenvalue weighted by Crippen LogP contribution is -2.07. The Labute approximate surface area is 163 Å². The minimum atomic E-state index is -0.316. The summed E-state index contributed by atoms with van der Waals surface area (Å²) in [5, 5.41) is 6.31. The van der Waals surface area contributed by atoms with E-state index in [0.29, 0.717) is 53.4 Å². The van der Waals surface area contributed by atoms with Gasteiger partial charge in [-0.15, -0.1) is 0 Å². The van der Waals surface area contributed by atoms with Crippen LogP contribution >= 0.6 is 0 Å². The number of aromatic nitrogens is 2. The van der Waals surface area contributed by atoms with Crippen molar-refractivity contribution in [2.24, 2.45) is 0 Å². The number of methoxy groups -OCH3 is 1. The molecule has 2 aromatic rings. The molecule has 0 aliphatic heterocycles. The Kier molecular flexibility index (Phi) is 8.11. The highest BCUT2D eigenvalue weighted by Crippen LogP contribution is 2.32. The molecular formula is C20H23FN4O3. The lowest BCUT2D eigenvalue weighted by Gasteiger charge is -2.13. The number of anilines is 2. The van der Waals surface area contributed by atoms with Crippen LogP contribution in [0.3, 0.4) is 0 Å². The Bertz CT molecular complexity index is 910. The molecule has 0 saturated carbocycles. The number of nitrogens with one attached hydrogen (secondary N) is 2. The summed E-state index contributed by atoms with van der Waals surface area (Å²) in [6.45, 7) is 4.16. The Morgan fingerprint density at radius 3 is 2.75 bits per heavy atom. The number of carbonyl (C=O) groups is 1. The van der Waals surface area contributed by atoms with E-state index in [1.807, 2.05) is 0 Å². The maximum absolute atomic E-state index is 13.7. The fourth-order valence-electron chi connectivity index (χ4n) is 2.33. The molecule has 1 aromatic carbocycles. The molecule has 2 N–H and O–H groups in total. The molecule has 0 bridgehead atoms. The molecule has 0 aliphatic carbocycles. The summed E-state index contributed by atoms with van der Waals surface area (Å²) in [7, 11) is 1.58. The monoisotopic (exact) mass is 386 g/mol. The highest BCUT2D eigenvalue weighted by atomic mass is 19.1. The highest BCUT2D eigenvalue weighted by molar-refractivity contribution is 5.95. The van der Waals surface area contributed by atoms with Gasteiger partial charge in [0.15, 0.2) is 0 Å². The number of carbonyl (C=O) groups excluding carboxylic acids is 1. The van der Waals surface area contributed by atoms with Gasteiger partial charge in [0.25, 0.3) is 0 Å². The smallest absolute Gasteiger partial charge is 0.211 e. The normalized spacial score (nSPS) is 12.4. The van der Waals surface area contributed by atoms with Crippen molar-refractivity contribution in [1.29, 1.82) is 0 Å². The molecule has 0 saturated heterocycles. The summed E-state index contributed by atoms with van der Waals surface area (Å²) in [5.41, 5.74) is 1.58. The first kappa shape index (κ1) is 21.0. The second-order valence-electron chi connectivity index (χ2n) is 5.70. The van der Waals surface area contributed by atoms with E-state index >= 15 is 0 Å². The van der Waals surface area contributed by atoms with Gasteiger partial charge in [0, 0.05) is 24.8 Å². The van der Waals surface area contributed by atoms with Crippen molar-refractivity contribution in [3.8, 4) is 5.75 Å². The summed E-state index contributed by atoms with van der Waals surface area (Å²) in [4.78, 5) is 19.4. The molecular weight excluding hydrogens is 363 g/mol. The minimum Gasteiger partial charge on any atom is -0.489 e. The van der Waals surface area contributed by atoms with Crippen LogP contribution in [0.25, 0.3) is 10.9 Å². The van der Waals surface area contributed by atoms with Gasteiger partial charge < -0.3 is 20.1 Å². The maximum Gasteiger partial charge on any atom is 0.211 e. The van der Waals surface area contributed by atoms with Crippen molar-refractivity contribution < 1.29 is 18.7 Å². The third kappa shape index (κ3) is 5.62. The van der Waals surface area contributed by atoms with Gasteiger partial charge in [0.05, 0.1) is 17.8 Å². The van der Waals surface area contributed by atoms with Crippen LogP contribution in [0.2, 0.25) is 0 Å².